The predicted octanol–water partition coefficient (Wildman–Crippen LogP) is 4.11. The number of hydrogen-bond donors (Lipinski definition) is 1. The second-order valence-electron chi connectivity index (χ2n) is 4.58. The lowest BCUT2D eigenvalue weighted by Gasteiger charge is -2.23. The largest absolute Gasteiger partial charge is 0.387 e. The van der Waals surface area contributed by atoms with Crippen molar-refractivity contribution in [1.82, 2.24) is 0 Å². The Balaban J connectivity index is 2.07. The molecule has 1 heteroatoms. The van der Waals surface area contributed by atoms with Gasteiger partial charge in [0.1, 0.15) is 0 Å². The summed E-state index contributed by atoms with van der Waals surface area (Å²) in [6.45, 7) is 2.19. The first kappa shape index (κ1) is 12.1. The summed E-state index contributed by atoms with van der Waals surface area (Å²) in [4.78, 5) is 0. The Kier molecular flexibility index (Phi) is 4.16. The average Bonchev–Trinajstić information content (AvgIpc) is 2.37. The molecule has 0 unspecified atom stereocenters. The Bertz CT molecular complexity index is 417. The highest BCUT2D eigenvalue weighted by Crippen LogP contribution is 2.32. The second-order valence-corrected chi connectivity index (χ2v) is 4.58. The standard InChI is InChI=1S/C16H20O/c1-2-3-4-5-9-14-12-11-13-8-6-7-10-15(13)16(14)17/h5-12,14,16-17H,2-4H2,1H3/b9-5+/t14-,16-/m1/s1. The molecule has 1 aliphatic rings. The van der Waals surface area contributed by atoms with Gasteiger partial charge in [0.15, 0.2) is 0 Å². The van der Waals surface area contributed by atoms with Crippen LogP contribution in [0, 0.1) is 5.92 Å². The Hall–Kier alpha value is -1.34. The molecule has 1 aromatic carbocycles. The van der Waals surface area contributed by atoms with Crippen LogP contribution in [-0.2, 0) is 0 Å². The van der Waals surface area contributed by atoms with Crippen LogP contribution in [0.5, 0.6) is 0 Å². The summed E-state index contributed by atoms with van der Waals surface area (Å²) >= 11 is 0. The van der Waals surface area contributed by atoms with Crippen LogP contribution >= 0.6 is 0 Å². The fraction of sp³-hybridized carbons (Fsp3) is 0.375. The molecule has 0 aromatic heterocycles. The van der Waals surface area contributed by atoms with Crippen LogP contribution < -0.4 is 0 Å². The van der Waals surface area contributed by atoms with Gasteiger partial charge in [-0.05, 0) is 17.5 Å². The Morgan fingerprint density at radius 1 is 1.29 bits per heavy atom. The summed E-state index contributed by atoms with van der Waals surface area (Å²) in [7, 11) is 0. The number of allylic oxidation sites excluding steroid dienone is 1. The summed E-state index contributed by atoms with van der Waals surface area (Å²) in [6, 6.07) is 8.05. The van der Waals surface area contributed by atoms with Crippen LogP contribution in [0.15, 0.2) is 42.5 Å². The van der Waals surface area contributed by atoms with Gasteiger partial charge in [-0.3, -0.25) is 0 Å². The van der Waals surface area contributed by atoms with Gasteiger partial charge in [0.25, 0.3) is 0 Å². The first-order chi connectivity index (χ1) is 8.33. The molecule has 0 heterocycles. The summed E-state index contributed by atoms with van der Waals surface area (Å²) in [6.07, 6.45) is 11.7. The van der Waals surface area contributed by atoms with E-state index in [1.165, 1.54) is 12.8 Å². The quantitative estimate of drug-likeness (QED) is 0.607. The monoisotopic (exact) mass is 228 g/mol. The smallest absolute Gasteiger partial charge is 0.0893 e. The molecular weight excluding hydrogens is 208 g/mol. The molecule has 0 saturated heterocycles. The van der Waals surface area contributed by atoms with E-state index in [2.05, 4.69) is 31.2 Å². The Morgan fingerprint density at radius 3 is 2.94 bits per heavy atom. The number of rotatable bonds is 4. The lowest BCUT2D eigenvalue weighted by molar-refractivity contribution is 0.149. The van der Waals surface area contributed by atoms with E-state index in [4.69, 9.17) is 0 Å². The first-order valence-electron chi connectivity index (χ1n) is 6.44. The van der Waals surface area contributed by atoms with E-state index < -0.39 is 6.10 Å². The molecule has 0 aliphatic heterocycles. The molecule has 0 bridgehead atoms. The van der Waals surface area contributed by atoms with Crippen molar-refractivity contribution < 1.29 is 5.11 Å². The zero-order valence-electron chi connectivity index (χ0n) is 10.3. The van der Waals surface area contributed by atoms with E-state index >= 15 is 0 Å². The fourth-order valence-corrected chi connectivity index (χ4v) is 2.20. The molecule has 2 rings (SSSR count). The highest BCUT2D eigenvalue weighted by molar-refractivity contribution is 5.58. The molecule has 1 nitrogen and oxygen atoms in total. The summed E-state index contributed by atoms with van der Waals surface area (Å²) in [5.41, 5.74) is 2.18. The number of unbranched alkanes of at least 4 members (excludes halogenated alkanes) is 2. The minimum Gasteiger partial charge on any atom is -0.387 e. The van der Waals surface area contributed by atoms with E-state index in [-0.39, 0.29) is 5.92 Å². The third kappa shape index (κ3) is 2.86. The van der Waals surface area contributed by atoms with Gasteiger partial charge < -0.3 is 5.11 Å². The van der Waals surface area contributed by atoms with Gasteiger partial charge in [0.2, 0.25) is 0 Å². The van der Waals surface area contributed by atoms with E-state index in [9.17, 15) is 5.11 Å². The van der Waals surface area contributed by atoms with Gasteiger partial charge in [-0.2, -0.15) is 0 Å². The first-order valence-corrected chi connectivity index (χ1v) is 6.44. The van der Waals surface area contributed by atoms with Crippen LogP contribution in [0.1, 0.15) is 43.4 Å². The van der Waals surface area contributed by atoms with E-state index in [0.29, 0.717) is 0 Å². The molecule has 1 aromatic rings. The molecule has 0 fully saturated rings. The minimum atomic E-state index is -0.394. The van der Waals surface area contributed by atoms with Gasteiger partial charge in [-0.1, -0.05) is 68.3 Å². The third-order valence-corrected chi connectivity index (χ3v) is 3.26. The maximum Gasteiger partial charge on any atom is 0.0893 e. The van der Waals surface area contributed by atoms with E-state index in [1.807, 2.05) is 24.3 Å². The molecule has 0 spiro atoms. The molecule has 0 radical (unpaired) electrons. The van der Waals surface area contributed by atoms with Gasteiger partial charge in [0.05, 0.1) is 6.10 Å². The molecule has 17 heavy (non-hydrogen) atoms. The van der Waals surface area contributed by atoms with Crippen molar-refractivity contribution in [3.05, 3.63) is 53.6 Å². The van der Waals surface area contributed by atoms with Gasteiger partial charge >= 0.3 is 0 Å². The molecule has 0 amide bonds. The molecular formula is C16H20O. The fourth-order valence-electron chi connectivity index (χ4n) is 2.20. The topological polar surface area (TPSA) is 20.2 Å². The van der Waals surface area contributed by atoms with Crippen LogP contribution in [-0.4, -0.2) is 5.11 Å². The maximum atomic E-state index is 10.3. The van der Waals surface area contributed by atoms with Crippen LogP contribution in [0.25, 0.3) is 6.08 Å². The van der Waals surface area contributed by atoms with Crippen molar-refractivity contribution in [2.45, 2.75) is 32.3 Å². The van der Waals surface area contributed by atoms with E-state index in [0.717, 1.165) is 17.5 Å². The van der Waals surface area contributed by atoms with Crippen molar-refractivity contribution in [1.29, 1.82) is 0 Å². The summed E-state index contributed by atoms with van der Waals surface area (Å²) in [5, 5.41) is 10.3. The van der Waals surface area contributed by atoms with E-state index in [1.54, 1.807) is 0 Å². The molecule has 0 saturated carbocycles. The van der Waals surface area contributed by atoms with Crippen LogP contribution in [0.2, 0.25) is 0 Å². The lowest BCUT2D eigenvalue weighted by Crippen LogP contribution is -2.12. The van der Waals surface area contributed by atoms with Crippen molar-refractivity contribution in [3.63, 3.8) is 0 Å². The number of benzene rings is 1. The van der Waals surface area contributed by atoms with Crippen molar-refractivity contribution in [2.75, 3.05) is 0 Å². The van der Waals surface area contributed by atoms with Gasteiger partial charge in [-0.25, -0.2) is 0 Å². The zero-order valence-corrected chi connectivity index (χ0v) is 10.3. The zero-order chi connectivity index (χ0) is 12.1. The number of aliphatic hydroxyl groups is 1. The van der Waals surface area contributed by atoms with Crippen LogP contribution in [0.4, 0.5) is 0 Å². The van der Waals surface area contributed by atoms with Gasteiger partial charge in [0, 0.05) is 5.92 Å². The molecule has 1 N–H and O–H groups in total. The summed E-state index contributed by atoms with van der Waals surface area (Å²) < 4.78 is 0. The molecule has 1 aliphatic carbocycles. The number of hydrogen-bond acceptors (Lipinski definition) is 1. The third-order valence-electron chi connectivity index (χ3n) is 3.26. The Labute approximate surface area is 103 Å². The second kappa shape index (κ2) is 5.83. The highest BCUT2D eigenvalue weighted by Gasteiger charge is 2.21. The predicted molar refractivity (Wildman–Crippen MR) is 72.6 cm³/mol. The van der Waals surface area contributed by atoms with Crippen LogP contribution in [0.3, 0.4) is 0 Å². The lowest BCUT2D eigenvalue weighted by atomic mass is 9.86. The average molecular weight is 228 g/mol. The minimum absolute atomic E-state index is 0.127. The molecule has 2 atom stereocenters. The van der Waals surface area contributed by atoms with Gasteiger partial charge in [-0.15, -0.1) is 0 Å². The highest BCUT2D eigenvalue weighted by atomic mass is 16.3. The Morgan fingerprint density at radius 2 is 2.12 bits per heavy atom. The van der Waals surface area contributed by atoms with Crippen molar-refractivity contribution >= 4 is 6.08 Å². The van der Waals surface area contributed by atoms with Crippen molar-refractivity contribution in [3.8, 4) is 0 Å². The summed E-state index contributed by atoms with van der Waals surface area (Å²) in [5.74, 6) is 0.127. The number of fused-ring (bicyclic) bond motifs is 1. The SMILES string of the molecule is CCCC/C=C/[C@@H]1C=Cc2ccccc2[C@@H]1O. The van der Waals surface area contributed by atoms with Crippen molar-refractivity contribution in [2.24, 2.45) is 5.92 Å². The maximum absolute atomic E-state index is 10.3. The normalized spacial score (nSPS) is 22.9. The number of aliphatic hydroxyl groups excluding tert-OH is 1. The molecule has 90 valence electrons.